The predicted molar refractivity (Wildman–Crippen MR) is 110 cm³/mol. The Balaban J connectivity index is 1.59. The lowest BCUT2D eigenvalue weighted by molar-refractivity contribution is -0.120. The van der Waals surface area contributed by atoms with Crippen molar-refractivity contribution in [2.75, 3.05) is 11.6 Å². The maximum atomic E-state index is 13.5. The van der Waals surface area contributed by atoms with E-state index in [1.54, 1.807) is 42.5 Å². The van der Waals surface area contributed by atoms with Gasteiger partial charge in [0.15, 0.2) is 6.61 Å². The second-order valence-electron chi connectivity index (χ2n) is 5.82. The monoisotopic (exact) mass is 429 g/mol. The zero-order valence-electron chi connectivity index (χ0n) is 14.8. The molecule has 146 valence electrons. The minimum Gasteiger partial charge on any atom is -0.484 e. The molecular weight excluding hydrogens is 417 g/mol. The van der Waals surface area contributed by atoms with Crippen LogP contribution < -0.4 is 9.75 Å². The quantitative estimate of drug-likeness (QED) is 0.315. The van der Waals surface area contributed by atoms with Crippen molar-refractivity contribution >= 4 is 50.4 Å². The van der Waals surface area contributed by atoms with Crippen LogP contribution in [0.1, 0.15) is 5.76 Å². The Kier molecular flexibility index (Phi) is 5.55. The number of hydrogen-bond donors (Lipinski definition) is 0. The Morgan fingerprint density at radius 3 is 2.86 bits per heavy atom. The number of fused-ring (bicyclic) bond motifs is 1. The van der Waals surface area contributed by atoms with Crippen molar-refractivity contribution in [2.24, 2.45) is 5.10 Å². The number of rotatable bonds is 6. The van der Waals surface area contributed by atoms with Crippen LogP contribution in [0.25, 0.3) is 10.2 Å². The minimum absolute atomic E-state index is 0.276. The van der Waals surface area contributed by atoms with Crippen LogP contribution in [-0.2, 0) is 4.79 Å². The van der Waals surface area contributed by atoms with E-state index in [9.17, 15) is 9.18 Å². The molecule has 4 rings (SSSR count). The van der Waals surface area contributed by atoms with Crippen molar-refractivity contribution in [2.45, 2.75) is 0 Å². The van der Waals surface area contributed by atoms with E-state index in [-0.39, 0.29) is 17.6 Å². The van der Waals surface area contributed by atoms with E-state index in [4.69, 9.17) is 20.8 Å². The fraction of sp³-hybridized carbons (Fsp3) is 0.0500. The summed E-state index contributed by atoms with van der Waals surface area (Å²) < 4.78 is 24.8. The first-order chi connectivity index (χ1) is 14.1. The van der Waals surface area contributed by atoms with Gasteiger partial charge in [-0.05, 0) is 54.6 Å². The highest BCUT2D eigenvalue weighted by atomic mass is 35.5. The maximum absolute atomic E-state index is 13.5. The van der Waals surface area contributed by atoms with Gasteiger partial charge in [0.25, 0.3) is 5.91 Å². The molecule has 0 fully saturated rings. The van der Waals surface area contributed by atoms with Crippen LogP contribution >= 0.6 is 22.9 Å². The number of ether oxygens (including phenoxy) is 1. The number of halogens is 2. The molecule has 4 aromatic rings. The van der Waals surface area contributed by atoms with Gasteiger partial charge in [-0.15, -0.1) is 0 Å². The zero-order chi connectivity index (χ0) is 20.2. The molecule has 0 spiro atoms. The number of nitrogens with zero attached hydrogens (tertiary/aromatic N) is 3. The first-order valence-corrected chi connectivity index (χ1v) is 9.63. The third-order valence-corrected chi connectivity index (χ3v) is 5.02. The maximum Gasteiger partial charge on any atom is 0.287 e. The number of carbonyl (C=O) groups is 1. The first kappa shape index (κ1) is 19.1. The molecule has 0 saturated heterocycles. The molecule has 0 aliphatic carbocycles. The number of amides is 1. The van der Waals surface area contributed by atoms with Crippen LogP contribution in [0.3, 0.4) is 0 Å². The smallest absolute Gasteiger partial charge is 0.287 e. The Hall–Kier alpha value is -3.23. The molecule has 0 unspecified atom stereocenters. The normalized spacial score (nSPS) is 11.2. The van der Waals surface area contributed by atoms with Crippen molar-refractivity contribution in [3.63, 3.8) is 0 Å². The van der Waals surface area contributed by atoms with Crippen molar-refractivity contribution in [1.29, 1.82) is 0 Å². The van der Waals surface area contributed by atoms with Crippen molar-refractivity contribution in [1.82, 2.24) is 4.98 Å². The van der Waals surface area contributed by atoms with Crippen LogP contribution in [0.2, 0.25) is 5.02 Å². The van der Waals surface area contributed by atoms with Crippen molar-refractivity contribution in [3.05, 3.63) is 77.5 Å². The number of aromatic nitrogens is 1. The van der Waals surface area contributed by atoms with E-state index in [1.807, 2.05) is 0 Å². The van der Waals surface area contributed by atoms with Gasteiger partial charge >= 0.3 is 0 Å². The summed E-state index contributed by atoms with van der Waals surface area (Å²) in [4.78, 5) is 17.2. The molecular formula is C20H13ClFN3O3S. The summed E-state index contributed by atoms with van der Waals surface area (Å²) >= 11 is 7.00. The van der Waals surface area contributed by atoms with Crippen LogP contribution in [0.15, 0.2) is 70.4 Å². The highest BCUT2D eigenvalue weighted by Crippen LogP contribution is 2.30. The summed E-state index contributed by atoms with van der Waals surface area (Å²) in [7, 11) is 0. The number of carbonyl (C=O) groups excluding carboxylic acids is 1. The van der Waals surface area contributed by atoms with Gasteiger partial charge in [-0.2, -0.15) is 10.1 Å². The fourth-order valence-electron chi connectivity index (χ4n) is 2.41. The summed E-state index contributed by atoms with van der Waals surface area (Å²) in [5.41, 5.74) is 0.566. The molecule has 0 radical (unpaired) electrons. The largest absolute Gasteiger partial charge is 0.484 e. The van der Waals surface area contributed by atoms with Crippen LogP contribution in [-0.4, -0.2) is 23.7 Å². The predicted octanol–water partition coefficient (Wildman–Crippen LogP) is 5.13. The second-order valence-corrected chi connectivity index (χ2v) is 7.26. The Labute approximate surface area is 173 Å². The van der Waals surface area contributed by atoms with Gasteiger partial charge in [0.2, 0.25) is 5.13 Å². The summed E-state index contributed by atoms with van der Waals surface area (Å²) in [6.45, 7) is -0.276. The second kappa shape index (κ2) is 8.42. The van der Waals surface area contributed by atoms with Gasteiger partial charge in [-0.1, -0.05) is 22.9 Å². The van der Waals surface area contributed by atoms with Gasteiger partial charge in [-0.25, -0.2) is 9.37 Å². The third-order valence-electron chi connectivity index (χ3n) is 3.78. The lowest BCUT2D eigenvalue weighted by atomic mass is 10.3. The highest BCUT2D eigenvalue weighted by molar-refractivity contribution is 7.22. The van der Waals surface area contributed by atoms with E-state index in [0.717, 1.165) is 16.3 Å². The molecule has 9 heteroatoms. The standard InChI is InChI=1S/C20H13ClFN3O3S/c21-13-3-6-15(7-4-13)28-12-19(26)25(23-11-16-2-1-9-27-16)20-24-17-8-5-14(22)10-18(17)29-20/h1-11H,12H2/b23-11+. The van der Waals surface area contributed by atoms with Gasteiger partial charge < -0.3 is 9.15 Å². The average molecular weight is 430 g/mol. The van der Waals surface area contributed by atoms with Crippen LogP contribution in [0.5, 0.6) is 5.75 Å². The zero-order valence-corrected chi connectivity index (χ0v) is 16.4. The number of thiazole rings is 1. The molecule has 0 saturated carbocycles. The van der Waals surface area contributed by atoms with E-state index in [0.29, 0.717) is 26.7 Å². The molecule has 29 heavy (non-hydrogen) atoms. The Bertz CT molecular complexity index is 1160. The van der Waals surface area contributed by atoms with Gasteiger partial charge in [-0.3, -0.25) is 4.79 Å². The topological polar surface area (TPSA) is 67.9 Å². The lowest BCUT2D eigenvalue weighted by Crippen LogP contribution is -2.30. The lowest BCUT2D eigenvalue weighted by Gasteiger charge is -2.14. The van der Waals surface area contributed by atoms with Crippen molar-refractivity contribution in [3.8, 4) is 5.75 Å². The van der Waals surface area contributed by atoms with E-state index >= 15 is 0 Å². The molecule has 0 aliphatic rings. The fourth-order valence-corrected chi connectivity index (χ4v) is 3.51. The molecule has 1 amide bonds. The van der Waals surface area contributed by atoms with E-state index in [1.165, 1.54) is 24.6 Å². The Morgan fingerprint density at radius 2 is 2.10 bits per heavy atom. The van der Waals surface area contributed by atoms with Crippen LogP contribution in [0.4, 0.5) is 9.52 Å². The molecule has 2 heterocycles. The summed E-state index contributed by atoms with van der Waals surface area (Å²) in [5.74, 6) is 0.121. The number of anilines is 1. The highest BCUT2D eigenvalue weighted by Gasteiger charge is 2.20. The van der Waals surface area contributed by atoms with Gasteiger partial charge in [0.1, 0.15) is 17.3 Å². The summed E-state index contributed by atoms with van der Waals surface area (Å²) in [6, 6.07) is 14.3. The summed E-state index contributed by atoms with van der Waals surface area (Å²) in [5, 5.41) is 6.17. The molecule has 2 aromatic heterocycles. The number of furan rings is 1. The average Bonchev–Trinajstić information content (AvgIpc) is 3.37. The molecule has 0 aliphatic heterocycles. The third kappa shape index (κ3) is 4.61. The molecule has 0 atom stereocenters. The molecule has 6 nitrogen and oxygen atoms in total. The van der Waals surface area contributed by atoms with Gasteiger partial charge in [0.05, 0.1) is 22.7 Å². The van der Waals surface area contributed by atoms with E-state index in [2.05, 4.69) is 10.1 Å². The number of benzene rings is 2. The SMILES string of the molecule is O=C(COc1ccc(Cl)cc1)N(/N=C/c1ccco1)c1nc2ccc(F)cc2s1. The molecule has 0 N–H and O–H groups in total. The van der Waals surface area contributed by atoms with Crippen molar-refractivity contribution < 1.29 is 18.3 Å². The van der Waals surface area contributed by atoms with E-state index < -0.39 is 5.91 Å². The number of hydrogen-bond acceptors (Lipinski definition) is 6. The molecule has 2 aromatic carbocycles. The Morgan fingerprint density at radius 1 is 1.28 bits per heavy atom. The summed E-state index contributed by atoms with van der Waals surface area (Å²) in [6.07, 6.45) is 2.89. The molecule has 0 bridgehead atoms. The number of hydrazone groups is 1. The van der Waals surface area contributed by atoms with Gasteiger partial charge in [0, 0.05) is 5.02 Å². The van der Waals surface area contributed by atoms with Crippen LogP contribution in [0, 0.1) is 5.82 Å². The minimum atomic E-state index is -0.456. The first-order valence-electron chi connectivity index (χ1n) is 8.43.